The molecule has 1 aliphatic carbocycles. The minimum absolute atomic E-state index is 0.334. The summed E-state index contributed by atoms with van der Waals surface area (Å²) in [7, 11) is 0. The number of benzene rings is 2. The molecule has 4 atom stereocenters. The quantitative estimate of drug-likeness (QED) is 0.324. The van der Waals surface area contributed by atoms with Crippen LogP contribution in [0, 0.1) is 5.92 Å². The molecule has 0 aromatic heterocycles. The van der Waals surface area contributed by atoms with Crippen LogP contribution in [0.25, 0.3) is 11.1 Å². The third-order valence-electron chi connectivity index (χ3n) is 6.18. The Bertz CT molecular complexity index is 912. The van der Waals surface area contributed by atoms with Gasteiger partial charge in [-0.1, -0.05) is 54.6 Å². The number of ether oxygens (including phenoxy) is 2. The minimum Gasteiger partial charge on any atom is -0.483 e. The number of carboxylic acid groups (broad SMARTS) is 1. The number of rotatable bonds is 12. The Labute approximate surface area is 195 Å². The first-order valence-corrected chi connectivity index (χ1v) is 11.6. The van der Waals surface area contributed by atoms with E-state index in [1.807, 2.05) is 61.5 Å². The Balaban J connectivity index is 1.81. The highest BCUT2D eigenvalue weighted by atomic mass is 16.5. The maximum absolute atomic E-state index is 11.8. The van der Waals surface area contributed by atoms with E-state index in [2.05, 4.69) is 0 Å². The van der Waals surface area contributed by atoms with Crippen LogP contribution in [0.3, 0.4) is 0 Å². The van der Waals surface area contributed by atoms with Crippen LogP contribution in [0.15, 0.2) is 66.7 Å². The Morgan fingerprint density at radius 3 is 2.64 bits per heavy atom. The van der Waals surface area contributed by atoms with Gasteiger partial charge < -0.3 is 24.8 Å². The summed E-state index contributed by atoms with van der Waals surface area (Å²) in [6, 6.07) is 17.3. The third kappa shape index (κ3) is 6.67. The molecular weight excluding hydrogens is 420 g/mol. The molecule has 3 N–H and O–H groups in total. The van der Waals surface area contributed by atoms with Gasteiger partial charge in [0.2, 0.25) is 0 Å². The number of carbonyl (C=O) groups is 1. The van der Waals surface area contributed by atoms with Crippen LogP contribution in [0.4, 0.5) is 0 Å². The first-order chi connectivity index (χ1) is 15.9. The van der Waals surface area contributed by atoms with Crippen LogP contribution in [0.2, 0.25) is 0 Å². The lowest BCUT2D eigenvalue weighted by Crippen LogP contribution is -2.50. The largest absolute Gasteiger partial charge is 0.483 e. The van der Waals surface area contributed by atoms with E-state index >= 15 is 0 Å². The Morgan fingerprint density at radius 1 is 1.15 bits per heavy atom. The van der Waals surface area contributed by atoms with E-state index in [0.717, 1.165) is 17.5 Å². The highest BCUT2D eigenvalue weighted by Gasteiger charge is 2.52. The van der Waals surface area contributed by atoms with Gasteiger partial charge in [0.25, 0.3) is 0 Å². The van der Waals surface area contributed by atoms with E-state index in [1.54, 1.807) is 12.1 Å². The van der Waals surface area contributed by atoms with Crippen molar-refractivity contribution in [3.8, 4) is 16.9 Å². The molecule has 6 nitrogen and oxygen atoms in total. The summed E-state index contributed by atoms with van der Waals surface area (Å²) in [5.74, 6) is -0.870. The predicted molar refractivity (Wildman–Crippen MR) is 127 cm³/mol. The van der Waals surface area contributed by atoms with Gasteiger partial charge in [-0.05, 0) is 55.9 Å². The molecule has 0 heterocycles. The van der Waals surface area contributed by atoms with Crippen LogP contribution < -0.4 is 4.74 Å². The summed E-state index contributed by atoms with van der Waals surface area (Å²) >= 11 is 0. The van der Waals surface area contributed by atoms with Gasteiger partial charge in [-0.15, -0.1) is 0 Å². The van der Waals surface area contributed by atoms with Crippen molar-refractivity contribution in [2.24, 2.45) is 5.92 Å². The van der Waals surface area contributed by atoms with Gasteiger partial charge in [0.05, 0.1) is 18.6 Å². The lowest BCUT2D eigenvalue weighted by atomic mass is 9.85. The smallest absolute Gasteiger partial charge is 0.307 e. The van der Waals surface area contributed by atoms with E-state index in [4.69, 9.17) is 9.47 Å². The van der Waals surface area contributed by atoms with Gasteiger partial charge in [0.1, 0.15) is 5.75 Å². The fraction of sp³-hybridized carbons (Fsp3) is 0.444. The fourth-order valence-electron chi connectivity index (χ4n) is 4.48. The standard InChI is InChI=1S/C27H34O6/c1-2-32-17-7-11-23(28)15-13-22-14-16-25(29)27(22,19-26(30)31)33-24-12-6-10-21(18-24)20-8-4-3-5-9-20/h3-6,8-10,12-13,15,18,22-23,25,28-29H,2,7,11,14,16-17,19H2,1H3,(H,30,31). The van der Waals surface area contributed by atoms with Crippen molar-refractivity contribution in [1.82, 2.24) is 0 Å². The van der Waals surface area contributed by atoms with Crippen LogP contribution in [-0.4, -0.2) is 52.3 Å². The molecule has 0 amide bonds. The lowest BCUT2D eigenvalue weighted by molar-refractivity contribution is -0.146. The first kappa shape index (κ1) is 25.0. The lowest BCUT2D eigenvalue weighted by Gasteiger charge is -2.36. The molecule has 2 aromatic rings. The molecule has 3 rings (SSSR count). The summed E-state index contributed by atoms with van der Waals surface area (Å²) in [5.41, 5.74) is 0.666. The Hall–Kier alpha value is -2.67. The summed E-state index contributed by atoms with van der Waals surface area (Å²) < 4.78 is 11.6. The number of hydrogen-bond acceptors (Lipinski definition) is 5. The molecule has 0 radical (unpaired) electrons. The molecule has 178 valence electrons. The van der Waals surface area contributed by atoms with Gasteiger partial charge in [0.15, 0.2) is 5.60 Å². The highest BCUT2D eigenvalue weighted by Crippen LogP contribution is 2.43. The van der Waals surface area contributed by atoms with Gasteiger partial charge in [-0.25, -0.2) is 0 Å². The SMILES string of the molecule is CCOCCCC(O)C=CC1CCC(O)C1(CC(=O)O)Oc1cccc(-c2ccccc2)c1. The average Bonchev–Trinajstić information content (AvgIpc) is 3.10. The second-order valence-electron chi connectivity index (χ2n) is 8.51. The van der Waals surface area contributed by atoms with Crippen LogP contribution in [0.5, 0.6) is 5.75 Å². The molecule has 2 aromatic carbocycles. The van der Waals surface area contributed by atoms with Gasteiger partial charge in [0, 0.05) is 19.1 Å². The molecule has 0 spiro atoms. The van der Waals surface area contributed by atoms with E-state index in [9.17, 15) is 20.1 Å². The van der Waals surface area contributed by atoms with Crippen molar-refractivity contribution in [3.05, 3.63) is 66.7 Å². The fourth-order valence-corrected chi connectivity index (χ4v) is 4.48. The molecule has 1 fully saturated rings. The normalized spacial score (nSPS) is 23.6. The zero-order chi connectivity index (χ0) is 23.7. The molecule has 4 unspecified atom stereocenters. The van der Waals surface area contributed by atoms with Crippen LogP contribution in [0.1, 0.15) is 39.0 Å². The van der Waals surface area contributed by atoms with Crippen molar-refractivity contribution in [1.29, 1.82) is 0 Å². The number of aliphatic hydroxyl groups is 2. The molecule has 1 saturated carbocycles. The monoisotopic (exact) mass is 454 g/mol. The number of aliphatic hydroxyl groups excluding tert-OH is 2. The topological polar surface area (TPSA) is 96.2 Å². The maximum Gasteiger partial charge on any atom is 0.307 e. The summed E-state index contributed by atoms with van der Waals surface area (Å²) in [6.45, 7) is 3.17. The zero-order valence-electron chi connectivity index (χ0n) is 19.1. The second kappa shape index (κ2) is 12.0. The Morgan fingerprint density at radius 2 is 1.91 bits per heavy atom. The molecule has 33 heavy (non-hydrogen) atoms. The summed E-state index contributed by atoms with van der Waals surface area (Å²) in [6.07, 6.45) is 3.87. The van der Waals surface area contributed by atoms with Crippen molar-refractivity contribution in [3.63, 3.8) is 0 Å². The first-order valence-electron chi connectivity index (χ1n) is 11.6. The van der Waals surface area contributed by atoms with Crippen molar-refractivity contribution >= 4 is 5.97 Å². The summed E-state index contributed by atoms with van der Waals surface area (Å²) in [5, 5.41) is 30.8. The molecule has 1 aliphatic rings. The van der Waals surface area contributed by atoms with Crippen LogP contribution in [-0.2, 0) is 9.53 Å². The Kier molecular flexibility index (Phi) is 9.06. The number of aliphatic carboxylic acids is 1. The van der Waals surface area contributed by atoms with Crippen LogP contribution >= 0.6 is 0 Å². The third-order valence-corrected chi connectivity index (χ3v) is 6.18. The second-order valence-corrected chi connectivity index (χ2v) is 8.51. The van der Waals surface area contributed by atoms with Gasteiger partial charge >= 0.3 is 5.97 Å². The average molecular weight is 455 g/mol. The van der Waals surface area contributed by atoms with E-state index in [0.29, 0.717) is 38.2 Å². The highest BCUT2D eigenvalue weighted by molar-refractivity contribution is 5.69. The summed E-state index contributed by atoms with van der Waals surface area (Å²) in [4.78, 5) is 11.8. The maximum atomic E-state index is 11.8. The predicted octanol–water partition coefficient (Wildman–Crippen LogP) is 4.45. The molecule has 0 saturated heterocycles. The minimum atomic E-state index is -1.30. The van der Waals surface area contributed by atoms with Crippen molar-refractivity contribution < 1.29 is 29.6 Å². The molecular formula is C27H34O6. The molecule has 6 heteroatoms. The molecule has 0 bridgehead atoms. The van der Waals surface area contributed by atoms with Crippen molar-refractivity contribution in [2.45, 2.75) is 56.8 Å². The van der Waals surface area contributed by atoms with E-state index in [-0.39, 0.29) is 12.3 Å². The van der Waals surface area contributed by atoms with E-state index < -0.39 is 23.8 Å². The van der Waals surface area contributed by atoms with Gasteiger partial charge in [-0.2, -0.15) is 0 Å². The number of carboxylic acids is 1. The van der Waals surface area contributed by atoms with E-state index in [1.165, 1.54) is 0 Å². The number of hydrogen-bond donors (Lipinski definition) is 3. The zero-order valence-corrected chi connectivity index (χ0v) is 19.1. The molecule has 0 aliphatic heterocycles. The van der Waals surface area contributed by atoms with Gasteiger partial charge in [-0.3, -0.25) is 4.79 Å². The van der Waals surface area contributed by atoms with Crippen molar-refractivity contribution in [2.75, 3.05) is 13.2 Å².